The number of aryl methyl sites for hydroxylation is 2. The number of methoxy groups -OCH3 is 1. The van der Waals surface area contributed by atoms with E-state index in [0.717, 1.165) is 5.75 Å². The molecule has 0 amide bonds. The van der Waals surface area contributed by atoms with E-state index in [0.29, 0.717) is 0 Å². The fraction of sp³-hybridized carbons (Fsp3) is 0.500. The molecule has 2 nitrogen and oxygen atoms in total. The first kappa shape index (κ1) is 14.1. The van der Waals surface area contributed by atoms with Crippen molar-refractivity contribution in [2.75, 3.05) is 12.9 Å². The lowest BCUT2D eigenvalue weighted by atomic mass is 9.97. The van der Waals surface area contributed by atoms with Crippen molar-refractivity contribution < 1.29 is 9.53 Å². The molecule has 0 unspecified atom stereocenters. The number of benzene rings is 1. The molecule has 0 spiro atoms. The van der Waals surface area contributed by atoms with Gasteiger partial charge in [-0.3, -0.25) is 4.79 Å². The fourth-order valence-corrected chi connectivity index (χ4v) is 2.47. The van der Waals surface area contributed by atoms with Crippen LogP contribution in [0.25, 0.3) is 0 Å². The molecule has 17 heavy (non-hydrogen) atoms. The molecule has 0 bridgehead atoms. The molecule has 0 aliphatic rings. The van der Waals surface area contributed by atoms with Crippen LogP contribution >= 0.6 is 11.8 Å². The van der Waals surface area contributed by atoms with Crippen molar-refractivity contribution in [3.05, 3.63) is 29.3 Å². The summed E-state index contributed by atoms with van der Waals surface area (Å²) >= 11 is 1.69. The van der Waals surface area contributed by atoms with Crippen LogP contribution in [0, 0.1) is 19.3 Å². The van der Waals surface area contributed by atoms with E-state index in [2.05, 4.69) is 32.0 Å². The summed E-state index contributed by atoms with van der Waals surface area (Å²) in [5.41, 5.74) is 2.13. The minimum absolute atomic E-state index is 0.158. The highest BCUT2D eigenvalue weighted by Crippen LogP contribution is 2.29. The number of carbonyl (C=O) groups is 1. The summed E-state index contributed by atoms with van der Waals surface area (Å²) in [5, 5.41) is 0. The smallest absolute Gasteiger partial charge is 0.312 e. The number of rotatable bonds is 4. The Labute approximate surface area is 108 Å². The second-order valence-electron chi connectivity index (χ2n) is 4.91. The van der Waals surface area contributed by atoms with E-state index >= 15 is 0 Å². The van der Waals surface area contributed by atoms with E-state index in [1.807, 2.05) is 13.8 Å². The Morgan fingerprint density at radius 3 is 2.47 bits per heavy atom. The molecule has 0 aliphatic heterocycles. The number of hydrogen-bond donors (Lipinski definition) is 0. The quantitative estimate of drug-likeness (QED) is 0.605. The highest BCUT2D eigenvalue weighted by Gasteiger charge is 2.28. The van der Waals surface area contributed by atoms with Crippen molar-refractivity contribution in [1.29, 1.82) is 0 Å². The van der Waals surface area contributed by atoms with E-state index < -0.39 is 5.41 Å². The van der Waals surface area contributed by atoms with Gasteiger partial charge in [-0.05, 0) is 51.0 Å². The molecule has 0 aliphatic carbocycles. The normalized spacial score (nSPS) is 11.4. The van der Waals surface area contributed by atoms with Gasteiger partial charge in [-0.15, -0.1) is 11.8 Å². The summed E-state index contributed by atoms with van der Waals surface area (Å²) in [5.74, 6) is 0.566. The maximum absolute atomic E-state index is 11.5. The van der Waals surface area contributed by atoms with Crippen molar-refractivity contribution in [2.45, 2.75) is 32.6 Å². The second-order valence-corrected chi connectivity index (χ2v) is 5.96. The number of esters is 1. The topological polar surface area (TPSA) is 26.3 Å². The number of thioether (sulfide) groups is 1. The number of ether oxygens (including phenoxy) is 1. The Balaban J connectivity index is 2.67. The molecule has 1 rings (SSSR count). The van der Waals surface area contributed by atoms with Crippen LogP contribution in [0.5, 0.6) is 0 Å². The predicted molar refractivity (Wildman–Crippen MR) is 72.4 cm³/mol. The molecule has 0 atom stereocenters. The maximum atomic E-state index is 11.5. The van der Waals surface area contributed by atoms with E-state index in [1.165, 1.54) is 23.1 Å². The van der Waals surface area contributed by atoms with Crippen LogP contribution in [0.1, 0.15) is 25.0 Å². The molecule has 0 fully saturated rings. The molecule has 0 radical (unpaired) electrons. The predicted octanol–water partition coefficient (Wildman–Crippen LogP) is 3.59. The SMILES string of the molecule is COC(=O)C(C)(C)CSc1ccc(C)c(C)c1. The highest BCUT2D eigenvalue weighted by atomic mass is 32.2. The van der Waals surface area contributed by atoms with Crippen LogP contribution in [0.3, 0.4) is 0 Å². The van der Waals surface area contributed by atoms with E-state index in [4.69, 9.17) is 4.74 Å². The van der Waals surface area contributed by atoms with Crippen LogP contribution in [0.15, 0.2) is 23.1 Å². The van der Waals surface area contributed by atoms with Gasteiger partial charge in [-0.2, -0.15) is 0 Å². The largest absolute Gasteiger partial charge is 0.469 e. The van der Waals surface area contributed by atoms with Crippen LogP contribution in [0.4, 0.5) is 0 Å². The molecule has 1 aromatic rings. The van der Waals surface area contributed by atoms with Crippen molar-refractivity contribution in [2.24, 2.45) is 5.41 Å². The van der Waals surface area contributed by atoms with Crippen molar-refractivity contribution in [1.82, 2.24) is 0 Å². The van der Waals surface area contributed by atoms with Gasteiger partial charge in [0.1, 0.15) is 0 Å². The average Bonchev–Trinajstić information content (AvgIpc) is 2.29. The van der Waals surface area contributed by atoms with Crippen LogP contribution in [0.2, 0.25) is 0 Å². The van der Waals surface area contributed by atoms with Gasteiger partial charge in [0.2, 0.25) is 0 Å². The summed E-state index contributed by atoms with van der Waals surface area (Å²) in [4.78, 5) is 12.7. The van der Waals surface area contributed by atoms with Crippen LogP contribution in [-0.4, -0.2) is 18.8 Å². The lowest BCUT2D eigenvalue weighted by molar-refractivity contribution is -0.149. The highest BCUT2D eigenvalue weighted by molar-refractivity contribution is 7.99. The minimum atomic E-state index is -0.446. The summed E-state index contributed by atoms with van der Waals surface area (Å²) in [6.45, 7) is 8.02. The van der Waals surface area contributed by atoms with Gasteiger partial charge < -0.3 is 4.74 Å². The Bertz CT molecular complexity index is 411. The van der Waals surface area contributed by atoms with Gasteiger partial charge in [-0.1, -0.05) is 6.07 Å². The Kier molecular flexibility index (Phi) is 4.63. The van der Waals surface area contributed by atoms with Crippen molar-refractivity contribution >= 4 is 17.7 Å². The third-order valence-electron chi connectivity index (χ3n) is 2.82. The summed E-state index contributed by atoms with van der Waals surface area (Å²) in [7, 11) is 1.44. The zero-order chi connectivity index (χ0) is 13.1. The zero-order valence-electron chi connectivity index (χ0n) is 11.2. The second kappa shape index (κ2) is 5.58. The molecule has 0 N–H and O–H groups in total. The van der Waals surface area contributed by atoms with Gasteiger partial charge in [0.05, 0.1) is 12.5 Å². The molecule has 0 heterocycles. The van der Waals surface area contributed by atoms with Crippen LogP contribution in [-0.2, 0) is 9.53 Å². The summed E-state index contributed by atoms with van der Waals surface area (Å²) in [6, 6.07) is 6.37. The lowest BCUT2D eigenvalue weighted by Gasteiger charge is -2.20. The molecule has 3 heteroatoms. The maximum Gasteiger partial charge on any atom is 0.312 e. The van der Waals surface area contributed by atoms with Crippen LogP contribution < -0.4 is 0 Å². The monoisotopic (exact) mass is 252 g/mol. The third kappa shape index (κ3) is 3.77. The number of carbonyl (C=O) groups excluding carboxylic acids is 1. The summed E-state index contributed by atoms with van der Waals surface area (Å²) in [6.07, 6.45) is 0. The van der Waals surface area contributed by atoms with E-state index in [-0.39, 0.29) is 5.97 Å². The zero-order valence-corrected chi connectivity index (χ0v) is 12.0. The lowest BCUT2D eigenvalue weighted by Crippen LogP contribution is -2.28. The van der Waals surface area contributed by atoms with Crippen molar-refractivity contribution in [3.63, 3.8) is 0 Å². The molecular formula is C14H20O2S. The third-order valence-corrected chi connectivity index (χ3v) is 4.27. The van der Waals surface area contributed by atoms with Gasteiger partial charge in [0.25, 0.3) is 0 Å². The fourth-order valence-electron chi connectivity index (χ4n) is 1.40. The molecule has 0 aromatic heterocycles. The summed E-state index contributed by atoms with van der Waals surface area (Å²) < 4.78 is 4.79. The first-order valence-electron chi connectivity index (χ1n) is 5.65. The molecule has 0 saturated heterocycles. The van der Waals surface area contributed by atoms with Gasteiger partial charge >= 0.3 is 5.97 Å². The Morgan fingerprint density at radius 1 is 1.29 bits per heavy atom. The Morgan fingerprint density at radius 2 is 1.94 bits per heavy atom. The van der Waals surface area contributed by atoms with E-state index in [9.17, 15) is 4.79 Å². The van der Waals surface area contributed by atoms with Gasteiger partial charge in [0, 0.05) is 10.6 Å². The number of hydrogen-bond acceptors (Lipinski definition) is 3. The minimum Gasteiger partial charge on any atom is -0.469 e. The first-order valence-corrected chi connectivity index (χ1v) is 6.64. The Hall–Kier alpha value is -0.960. The molecular weight excluding hydrogens is 232 g/mol. The van der Waals surface area contributed by atoms with Gasteiger partial charge in [0.15, 0.2) is 0 Å². The van der Waals surface area contributed by atoms with Crippen molar-refractivity contribution in [3.8, 4) is 0 Å². The van der Waals surface area contributed by atoms with E-state index in [1.54, 1.807) is 11.8 Å². The molecule has 1 aromatic carbocycles. The standard InChI is InChI=1S/C14H20O2S/c1-10-6-7-12(8-11(10)2)17-9-14(3,4)13(15)16-5/h6-8H,9H2,1-5H3. The molecule has 0 saturated carbocycles. The van der Waals surface area contributed by atoms with Gasteiger partial charge in [-0.25, -0.2) is 0 Å². The average molecular weight is 252 g/mol. The molecule has 94 valence electrons. The first-order chi connectivity index (χ1) is 7.86.